The zero-order chi connectivity index (χ0) is 22.5. The second-order valence-electron chi connectivity index (χ2n) is 8.20. The van der Waals surface area contributed by atoms with Crippen LogP contribution in [0.4, 0.5) is 5.69 Å². The monoisotopic (exact) mass is 428 g/mol. The molecule has 5 nitrogen and oxygen atoms in total. The summed E-state index contributed by atoms with van der Waals surface area (Å²) in [4.78, 5) is 27.6. The number of amides is 2. The van der Waals surface area contributed by atoms with Gasteiger partial charge in [0.25, 0.3) is 5.91 Å². The average Bonchev–Trinajstić information content (AvgIpc) is 2.84. The van der Waals surface area contributed by atoms with Crippen molar-refractivity contribution in [2.75, 3.05) is 25.5 Å². The molecule has 0 atom stereocenters. The Balaban J connectivity index is 1.35. The maximum atomic E-state index is 12.9. The summed E-state index contributed by atoms with van der Waals surface area (Å²) in [5, 5.41) is 3.00. The van der Waals surface area contributed by atoms with Crippen LogP contribution in [-0.2, 0) is 4.79 Å². The highest BCUT2D eigenvalue weighted by molar-refractivity contribution is 5.96. The fourth-order valence-corrected chi connectivity index (χ4v) is 4.12. The number of anilines is 1. The van der Waals surface area contributed by atoms with Crippen molar-refractivity contribution in [2.45, 2.75) is 19.8 Å². The van der Waals surface area contributed by atoms with E-state index < -0.39 is 0 Å². The number of hydrogen-bond donors (Lipinski definition) is 1. The third-order valence-electron chi connectivity index (χ3n) is 6.00. The van der Waals surface area contributed by atoms with E-state index in [4.69, 9.17) is 4.74 Å². The van der Waals surface area contributed by atoms with Gasteiger partial charge < -0.3 is 15.0 Å². The maximum Gasteiger partial charge on any atom is 0.253 e. The smallest absolute Gasteiger partial charge is 0.253 e. The fourth-order valence-electron chi connectivity index (χ4n) is 4.12. The highest BCUT2D eigenvalue weighted by atomic mass is 16.5. The van der Waals surface area contributed by atoms with E-state index in [1.807, 2.05) is 72.5 Å². The van der Waals surface area contributed by atoms with Crippen molar-refractivity contribution in [1.82, 2.24) is 4.90 Å². The number of carbonyl (C=O) groups excluding carboxylic acids is 2. The minimum absolute atomic E-state index is 0.0174. The molecule has 32 heavy (non-hydrogen) atoms. The van der Waals surface area contributed by atoms with Gasteiger partial charge in [0.05, 0.1) is 12.8 Å². The molecule has 1 saturated heterocycles. The Bertz CT molecular complexity index is 1090. The van der Waals surface area contributed by atoms with E-state index in [9.17, 15) is 9.59 Å². The van der Waals surface area contributed by atoms with Crippen LogP contribution in [0.2, 0.25) is 0 Å². The Morgan fingerprint density at radius 1 is 0.906 bits per heavy atom. The number of rotatable bonds is 5. The molecular formula is C27H28N2O3. The predicted molar refractivity (Wildman–Crippen MR) is 127 cm³/mol. The number of hydrogen-bond acceptors (Lipinski definition) is 3. The van der Waals surface area contributed by atoms with Crippen LogP contribution in [0, 0.1) is 12.8 Å². The first-order valence-corrected chi connectivity index (χ1v) is 11.0. The number of ether oxygens (including phenoxy) is 1. The molecule has 4 rings (SSSR count). The Hall–Kier alpha value is -3.60. The summed E-state index contributed by atoms with van der Waals surface area (Å²) in [6, 6.07) is 23.6. The standard InChI is InChI=1S/C27H28N2O3/c1-19-8-13-25(32-2)24(18-19)28-26(30)22-14-16-29(17-15-22)27(31)23-11-9-21(10-12-23)20-6-4-3-5-7-20/h3-13,18,22H,14-17H2,1-2H3,(H,28,30). The normalized spacial score (nSPS) is 14.1. The van der Waals surface area contributed by atoms with Gasteiger partial charge in [-0.2, -0.15) is 0 Å². The van der Waals surface area contributed by atoms with E-state index in [1.165, 1.54) is 0 Å². The van der Waals surface area contributed by atoms with Gasteiger partial charge in [0.15, 0.2) is 0 Å². The maximum absolute atomic E-state index is 12.9. The molecule has 1 N–H and O–H groups in total. The van der Waals surface area contributed by atoms with Gasteiger partial charge in [0, 0.05) is 24.6 Å². The minimum atomic E-state index is -0.121. The van der Waals surface area contributed by atoms with Crippen molar-refractivity contribution in [2.24, 2.45) is 5.92 Å². The molecule has 1 fully saturated rings. The van der Waals surface area contributed by atoms with Crippen molar-refractivity contribution in [3.8, 4) is 16.9 Å². The SMILES string of the molecule is COc1ccc(C)cc1NC(=O)C1CCN(C(=O)c2ccc(-c3ccccc3)cc2)CC1. The van der Waals surface area contributed by atoms with E-state index >= 15 is 0 Å². The first-order valence-electron chi connectivity index (χ1n) is 11.0. The topological polar surface area (TPSA) is 58.6 Å². The Labute approximate surface area is 189 Å². The number of carbonyl (C=O) groups is 2. The highest BCUT2D eigenvalue weighted by Crippen LogP contribution is 2.28. The second kappa shape index (κ2) is 9.69. The van der Waals surface area contributed by atoms with Crippen molar-refractivity contribution < 1.29 is 14.3 Å². The van der Waals surface area contributed by atoms with Crippen molar-refractivity contribution in [1.29, 1.82) is 0 Å². The third kappa shape index (κ3) is 4.83. The summed E-state index contributed by atoms with van der Waals surface area (Å²) in [5.41, 5.74) is 4.64. The average molecular weight is 429 g/mol. The first kappa shape index (κ1) is 21.6. The number of nitrogens with zero attached hydrogens (tertiary/aromatic N) is 1. The van der Waals surface area contributed by atoms with Gasteiger partial charge in [-0.1, -0.05) is 48.5 Å². The number of likely N-dealkylation sites (tertiary alicyclic amines) is 1. The molecule has 1 aliphatic heterocycles. The molecule has 0 bridgehead atoms. The lowest BCUT2D eigenvalue weighted by Gasteiger charge is -2.31. The van der Waals surface area contributed by atoms with Gasteiger partial charge in [-0.3, -0.25) is 9.59 Å². The third-order valence-corrected chi connectivity index (χ3v) is 6.00. The molecule has 164 valence electrons. The number of piperidine rings is 1. The summed E-state index contributed by atoms with van der Waals surface area (Å²) in [5.74, 6) is 0.525. The summed E-state index contributed by atoms with van der Waals surface area (Å²) < 4.78 is 5.36. The minimum Gasteiger partial charge on any atom is -0.495 e. The fraction of sp³-hybridized carbons (Fsp3) is 0.259. The van der Waals surface area contributed by atoms with Crippen LogP contribution in [0.1, 0.15) is 28.8 Å². The molecule has 2 amide bonds. The van der Waals surface area contributed by atoms with E-state index in [1.54, 1.807) is 7.11 Å². The highest BCUT2D eigenvalue weighted by Gasteiger charge is 2.28. The van der Waals surface area contributed by atoms with Crippen LogP contribution in [0.3, 0.4) is 0 Å². The van der Waals surface area contributed by atoms with E-state index in [2.05, 4.69) is 17.4 Å². The molecule has 3 aromatic rings. The van der Waals surface area contributed by atoms with E-state index in [-0.39, 0.29) is 17.7 Å². The Morgan fingerprint density at radius 2 is 1.56 bits per heavy atom. The Kier molecular flexibility index (Phi) is 6.55. The van der Waals surface area contributed by atoms with Crippen LogP contribution in [0.25, 0.3) is 11.1 Å². The van der Waals surface area contributed by atoms with E-state index in [0.29, 0.717) is 42.9 Å². The molecule has 1 aliphatic rings. The van der Waals surface area contributed by atoms with Gasteiger partial charge >= 0.3 is 0 Å². The zero-order valence-corrected chi connectivity index (χ0v) is 18.5. The van der Waals surface area contributed by atoms with Gasteiger partial charge in [0.2, 0.25) is 5.91 Å². The molecule has 3 aromatic carbocycles. The molecule has 0 saturated carbocycles. The van der Waals surface area contributed by atoms with Gasteiger partial charge in [0.1, 0.15) is 5.75 Å². The zero-order valence-electron chi connectivity index (χ0n) is 18.5. The number of nitrogens with one attached hydrogen (secondary N) is 1. The molecule has 5 heteroatoms. The largest absolute Gasteiger partial charge is 0.495 e. The number of benzene rings is 3. The molecule has 0 unspecified atom stereocenters. The van der Waals surface area contributed by atoms with Gasteiger partial charge in [-0.25, -0.2) is 0 Å². The van der Waals surface area contributed by atoms with Crippen LogP contribution in [0.5, 0.6) is 5.75 Å². The van der Waals surface area contributed by atoms with Crippen LogP contribution >= 0.6 is 0 Å². The number of aryl methyl sites for hydroxylation is 1. The molecule has 0 radical (unpaired) electrons. The summed E-state index contributed by atoms with van der Waals surface area (Å²) >= 11 is 0. The number of methoxy groups -OCH3 is 1. The van der Waals surface area contributed by atoms with Gasteiger partial charge in [-0.15, -0.1) is 0 Å². The summed E-state index contributed by atoms with van der Waals surface area (Å²) in [6.45, 7) is 3.12. The molecule has 0 aromatic heterocycles. The summed E-state index contributed by atoms with van der Waals surface area (Å²) in [7, 11) is 1.59. The van der Waals surface area contributed by atoms with E-state index in [0.717, 1.165) is 16.7 Å². The lowest BCUT2D eigenvalue weighted by molar-refractivity contribution is -0.121. The molecule has 0 aliphatic carbocycles. The summed E-state index contributed by atoms with van der Waals surface area (Å²) in [6.07, 6.45) is 1.29. The molecule has 1 heterocycles. The van der Waals surface area contributed by atoms with Crippen molar-refractivity contribution in [3.63, 3.8) is 0 Å². The van der Waals surface area contributed by atoms with Crippen molar-refractivity contribution >= 4 is 17.5 Å². The molecule has 0 spiro atoms. The second-order valence-corrected chi connectivity index (χ2v) is 8.20. The van der Waals surface area contributed by atoms with Crippen molar-refractivity contribution in [3.05, 3.63) is 83.9 Å². The van der Waals surface area contributed by atoms with Crippen LogP contribution < -0.4 is 10.1 Å². The first-order chi connectivity index (χ1) is 15.5. The lowest BCUT2D eigenvalue weighted by atomic mass is 9.95. The van der Waals surface area contributed by atoms with Crippen LogP contribution in [-0.4, -0.2) is 36.9 Å². The van der Waals surface area contributed by atoms with Gasteiger partial charge in [-0.05, 0) is 60.7 Å². The molecular weight excluding hydrogens is 400 g/mol. The Morgan fingerprint density at radius 3 is 2.22 bits per heavy atom. The quantitative estimate of drug-likeness (QED) is 0.611. The lowest BCUT2D eigenvalue weighted by Crippen LogP contribution is -2.41. The predicted octanol–water partition coefficient (Wildman–Crippen LogP) is 5.16. The van der Waals surface area contributed by atoms with Crippen LogP contribution in [0.15, 0.2) is 72.8 Å².